The SMILES string of the molecule is COC(=O)c1cc(C2CC2)cnc1Cc1cccc2c(N3CCOCC3)nccc12.Nc1cccc2c(N3CCCCC3)nccc12. The second-order valence-electron chi connectivity index (χ2n) is 12.6. The summed E-state index contributed by atoms with van der Waals surface area (Å²) in [5.41, 5.74) is 10.4. The van der Waals surface area contributed by atoms with E-state index in [4.69, 9.17) is 15.2 Å². The average molecular weight is 631 g/mol. The van der Waals surface area contributed by atoms with Gasteiger partial charge in [-0.2, -0.15) is 0 Å². The molecule has 1 aliphatic carbocycles. The standard InChI is InChI=1S/C24H25N3O3.C14H17N3/c1-29-24(28)21-13-18(16-5-6-16)15-26-22(21)14-17-3-2-4-20-19(17)7-8-25-23(20)27-9-11-30-12-10-27;15-13-6-4-5-12-11(13)7-8-16-14(12)17-9-2-1-3-10-17/h2-4,7-8,13,15-16H,5-6,9-12,14H2,1H3;4-8H,1-3,9-10,15H2. The maximum Gasteiger partial charge on any atom is 0.339 e. The highest BCUT2D eigenvalue weighted by atomic mass is 16.5. The molecule has 47 heavy (non-hydrogen) atoms. The van der Waals surface area contributed by atoms with E-state index in [0.29, 0.717) is 17.9 Å². The van der Waals surface area contributed by atoms with Crippen molar-refractivity contribution in [3.8, 4) is 0 Å². The molecule has 2 aromatic carbocycles. The van der Waals surface area contributed by atoms with Crippen LogP contribution >= 0.6 is 0 Å². The zero-order valence-corrected chi connectivity index (χ0v) is 27.0. The Morgan fingerprint density at radius 2 is 1.49 bits per heavy atom. The van der Waals surface area contributed by atoms with Gasteiger partial charge in [0.1, 0.15) is 11.6 Å². The van der Waals surface area contributed by atoms with Gasteiger partial charge < -0.3 is 25.0 Å². The number of esters is 1. The predicted octanol–water partition coefficient (Wildman–Crippen LogP) is 6.53. The van der Waals surface area contributed by atoms with Crippen LogP contribution in [0, 0.1) is 0 Å². The van der Waals surface area contributed by atoms with Crippen LogP contribution in [0.2, 0.25) is 0 Å². The molecule has 242 valence electrons. The third-order valence-electron chi connectivity index (χ3n) is 9.46. The Morgan fingerprint density at radius 3 is 2.19 bits per heavy atom. The highest BCUT2D eigenvalue weighted by Gasteiger charge is 2.26. The molecule has 0 atom stereocenters. The fourth-order valence-corrected chi connectivity index (χ4v) is 6.77. The maximum atomic E-state index is 12.5. The number of anilines is 3. The third-order valence-corrected chi connectivity index (χ3v) is 9.46. The number of pyridine rings is 3. The van der Waals surface area contributed by atoms with Gasteiger partial charge in [-0.05, 0) is 78.8 Å². The van der Waals surface area contributed by atoms with E-state index in [9.17, 15) is 4.79 Å². The summed E-state index contributed by atoms with van der Waals surface area (Å²) in [4.78, 5) is 31.0. The highest BCUT2D eigenvalue weighted by molar-refractivity contribution is 5.99. The first kappa shape index (κ1) is 30.9. The summed E-state index contributed by atoms with van der Waals surface area (Å²) in [6.07, 6.45) is 12.4. The average Bonchev–Trinajstić information content (AvgIpc) is 3.98. The largest absolute Gasteiger partial charge is 0.465 e. The Bertz CT molecular complexity index is 1880. The quantitative estimate of drug-likeness (QED) is 0.166. The lowest BCUT2D eigenvalue weighted by Gasteiger charge is -2.29. The molecular formula is C38H42N6O3. The molecule has 0 bridgehead atoms. The summed E-state index contributed by atoms with van der Waals surface area (Å²) in [5, 5.41) is 4.54. The number of carbonyl (C=O) groups excluding carboxylic acids is 1. The van der Waals surface area contributed by atoms with E-state index in [2.05, 4.69) is 49.0 Å². The lowest BCUT2D eigenvalue weighted by Crippen LogP contribution is -2.36. The van der Waals surface area contributed by atoms with Gasteiger partial charge in [-0.1, -0.05) is 30.3 Å². The summed E-state index contributed by atoms with van der Waals surface area (Å²) in [5.74, 6) is 2.29. The Kier molecular flexibility index (Phi) is 9.15. The first-order valence-electron chi connectivity index (χ1n) is 16.8. The number of benzene rings is 2. The third kappa shape index (κ3) is 6.72. The van der Waals surface area contributed by atoms with Crippen LogP contribution in [0.25, 0.3) is 21.5 Å². The molecule has 2 saturated heterocycles. The van der Waals surface area contributed by atoms with E-state index < -0.39 is 0 Å². The molecule has 3 aliphatic rings. The van der Waals surface area contributed by atoms with Crippen molar-refractivity contribution in [1.82, 2.24) is 15.0 Å². The number of nitrogens with two attached hydrogens (primary N) is 1. The van der Waals surface area contributed by atoms with Crippen molar-refractivity contribution in [2.24, 2.45) is 0 Å². The molecule has 0 unspecified atom stereocenters. The van der Waals surface area contributed by atoms with Crippen molar-refractivity contribution in [3.63, 3.8) is 0 Å². The smallest absolute Gasteiger partial charge is 0.339 e. The Balaban J connectivity index is 0.000000174. The maximum absolute atomic E-state index is 12.5. The summed E-state index contributed by atoms with van der Waals surface area (Å²) in [6.45, 7) is 5.34. The second kappa shape index (κ2) is 13.9. The van der Waals surface area contributed by atoms with E-state index in [1.165, 1.54) is 44.6 Å². The zero-order valence-electron chi connectivity index (χ0n) is 27.0. The van der Waals surface area contributed by atoms with E-state index >= 15 is 0 Å². The number of hydrogen-bond donors (Lipinski definition) is 1. The normalized spacial score (nSPS) is 16.5. The zero-order chi connectivity index (χ0) is 32.2. The van der Waals surface area contributed by atoms with Crippen LogP contribution in [-0.4, -0.2) is 67.4 Å². The number of morpholine rings is 1. The molecule has 1 saturated carbocycles. The van der Waals surface area contributed by atoms with Crippen molar-refractivity contribution in [3.05, 3.63) is 95.6 Å². The molecule has 2 N–H and O–H groups in total. The molecule has 5 heterocycles. The minimum absolute atomic E-state index is 0.323. The van der Waals surface area contributed by atoms with E-state index in [1.54, 1.807) is 0 Å². The number of aromatic nitrogens is 3. The number of fused-ring (bicyclic) bond motifs is 2. The van der Waals surface area contributed by atoms with Gasteiger partial charge in [0.25, 0.3) is 0 Å². The molecule has 0 spiro atoms. The second-order valence-corrected chi connectivity index (χ2v) is 12.6. The molecule has 9 nitrogen and oxygen atoms in total. The van der Waals surface area contributed by atoms with Crippen LogP contribution in [0.5, 0.6) is 0 Å². The molecule has 0 amide bonds. The molecular weight excluding hydrogens is 588 g/mol. The van der Waals surface area contributed by atoms with Gasteiger partial charge in [-0.25, -0.2) is 14.8 Å². The number of ether oxygens (including phenoxy) is 2. The summed E-state index contributed by atoms with van der Waals surface area (Å²) < 4.78 is 10.5. The lowest BCUT2D eigenvalue weighted by atomic mass is 9.98. The van der Waals surface area contributed by atoms with Crippen LogP contribution in [0.4, 0.5) is 17.3 Å². The van der Waals surface area contributed by atoms with Crippen molar-refractivity contribution in [2.45, 2.75) is 44.4 Å². The van der Waals surface area contributed by atoms with Crippen LogP contribution in [0.15, 0.2) is 73.2 Å². The molecule has 9 heteroatoms. The molecule has 5 aromatic rings. The van der Waals surface area contributed by atoms with Crippen LogP contribution in [0.1, 0.15) is 65.2 Å². The van der Waals surface area contributed by atoms with Gasteiger partial charge in [0.2, 0.25) is 0 Å². The van der Waals surface area contributed by atoms with Gasteiger partial charge in [-0.15, -0.1) is 0 Å². The van der Waals surface area contributed by atoms with Crippen LogP contribution in [0.3, 0.4) is 0 Å². The van der Waals surface area contributed by atoms with E-state index in [1.807, 2.05) is 48.9 Å². The number of methoxy groups -OCH3 is 1. The number of hydrogen-bond acceptors (Lipinski definition) is 9. The minimum atomic E-state index is -0.323. The fraction of sp³-hybridized carbons (Fsp3) is 0.368. The van der Waals surface area contributed by atoms with Gasteiger partial charge in [-0.3, -0.25) is 4.98 Å². The predicted molar refractivity (Wildman–Crippen MR) is 187 cm³/mol. The highest BCUT2D eigenvalue weighted by Crippen LogP contribution is 2.40. The molecule has 0 radical (unpaired) electrons. The van der Waals surface area contributed by atoms with Crippen molar-refractivity contribution >= 4 is 44.8 Å². The first-order chi connectivity index (χ1) is 23.1. The number of piperidine rings is 1. The van der Waals surface area contributed by atoms with E-state index in [0.717, 1.165) is 89.7 Å². The van der Waals surface area contributed by atoms with Gasteiger partial charge in [0, 0.05) is 73.0 Å². The van der Waals surface area contributed by atoms with Crippen LogP contribution < -0.4 is 15.5 Å². The summed E-state index contributed by atoms with van der Waals surface area (Å²) in [6, 6.07) is 18.3. The fourth-order valence-electron chi connectivity index (χ4n) is 6.77. The summed E-state index contributed by atoms with van der Waals surface area (Å²) >= 11 is 0. The Hall–Kier alpha value is -4.76. The number of nitrogen functional groups attached to an aromatic ring is 1. The van der Waals surface area contributed by atoms with Crippen molar-refractivity contribution < 1.29 is 14.3 Å². The van der Waals surface area contributed by atoms with Gasteiger partial charge in [0.05, 0.1) is 31.6 Å². The van der Waals surface area contributed by atoms with Crippen molar-refractivity contribution in [2.75, 3.05) is 62.0 Å². The van der Waals surface area contributed by atoms with Crippen molar-refractivity contribution in [1.29, 1.82) is 0 Å². The topological polar surface area (TPSA) is 107 Å². The molecule has 2 aliphatic heterocycles. The Morgan fingerprint density at radius 1 is 0.830 bits per heavy atom. The van der Waals surface area contributed by atoms with Crippen LogP contribution in [-0.2, 0) is 15.9 Å². The molecule has 3 fully saturated rings. The Labute approximate surface area is 275 Å². The number of nitrogens with zero attached hydrogens (tertiary/aromatic N) is 5. The van der Waals surface area contributed by atoms with Gasteiger partial charge >= 0.3 is 5.97 Å². The van der Waals surface area contributed by atoms with E-state index in [-0.39, 0.29) is 5.97 Å². The number of rotatable bonds is 6. The summed E-state index contributed by atoms with van der Waals surface area (Å²) in [7, 11) is 1.42. The number of carbonyl (C=O) groups is 1. The molecule has 3 aromatic heterocycles. The van der Waals surface area contributed by atoms with Gasteiger partial charge in [0.15, 0.2) is 0 Å². The minimum Gasteiger partial charge on any atom is -0.465 e. The monoisotopic (exact) mass is 630 g/mol. The lowest BCUT2D eigenvalue weighted by molar-refractivity contribution is 0.0599. The first-order valence-corrected chi connectivity index (χ1v) is 16.8. The molecule has 8 rings (SSSR count).